The van der Waals surface area contributed by atoms with Crippen LogP contribution in [0.5, 0.6) is 0 Å². The van der Waals surface area contributed by atoms with E-state index in [-0.39, 0.29) is 0 Å². The van der Waals surface area contributed by atoms with Crippen molar-refractivity contribution in [3.05, 3.63) is 34.3 Å². The van der Waals surface area contributed by atoms with Crippen LogP contribution in [0.3, 0.4) is 0 Å². The third-order valence-corrected chi connectivity index (χ3v) is 4.14. The molecule has 0 heterocycles. The van der Waals surface area contributed by atoms with Crippen molar-refractivity contribution in [1.82, 2.24) is 10.6 Å². The van der Waals surface area contributed by atoms with E-state index in [1.165, 1.54) is 0 Å². The monoisotopic (exact) mass is 342 g/mol. The van der Waals surface area contributed by atoms with E-state index in [1.807, 2.05) is 24.3 Å². The number of benzene rings is 1. The fraction of sp³-hybridized carbons (Fsp3) is 0.429. The van der Waals surface area contributed by atoms with Crippen molar-refractivity contribution in [2.45, 2.75) is 38.8 Å². The van der Waals surface area contributed by atoms with Gasteiger partial charge in [0.2, 0.25) is 0 Å². The molecule has 0 unspecified atom stereocenters. The van der Waals surface area contributed by atoms with E-state index in [2.05, 4.69) is 26.6 Å². The molecule has 3 N–H and O–H groups in total. The number of carboxylic acids is 1. The van der Waals surface area contributed by atoms with E-state index < -0.39 is 17.5 Å². The average molecular weight is 343 g/mol. The molecular formula is C14H19BrN2O3. The second-order valence-corrected chi connectivity index (χ2v) is 5.35. The van der Waals surface area contributed by atoms with Gasteiger partial charge in [0.05, 0.1) is 0 Å². The van der Waals surface area contributed by atoms with E-state index in [0.29, 0.717) is 19.4 Å². The van der Waals surface area contributed by atoms with Crippen molar-refractivity contribution >= 4 is 27.9 Å². The number of carbonyl (C=O) groups is 2. The molecule has 5 nitrogen and oxygen atoms in total. The summed E-state index contributed by atoms with van der Waals surface area (Å²) in [5, 5.41) is 14.5. The molecule has 2 amide bonds. The number of amides is 2. The Kier molecular flexibility index (Phi) is 6.01. The molecule has 6 heteroatoms. The molecule has 1 aromatic carbocycles. The lowest BCUT2D eigenvalue weighted by Crippen LogP contribution is -2.56. The van der Waals surface area contributed by atoms with Gasteiger partial charge in [0.15, 0.2) is 0 Å². The Balaban J connectivity index is 2.64. The number of nitrogens with one attached hydrogen (secondary N) is 2. The van der Waals surface area contributed by atoms with Gasteiger partial charge in [-0.2, -0.15) is 0 Å². The summed E-state index contributed by atoms with van der Waals surface area (Å²) in [6.07, 6.45) is 0.669. The number of hydrogen-bond acceptors (Lipinski definition) is 2. The molecule has 0 atom stereocenters. The highest BCUT2D eigenvalue weighted by Gasteiger charge is 2.36. The van der Waals surface area contributed by atoms with Gasteiger partial charge in [0.1, 0.15) is 5.54 Å². The first kappa shape index (κ1) is 16.5. The number of rotatable bonds is 6. The van der Waals surface area contributed by atoms with E-state index in [1.54, 1.807) is 13.8 Å². The average Bonchev–Trinajstić information content (AvgIpc) is 2.43. The normalized spacial score (nSPS) is 10.9. The summed E-state index contributed by atoms with van der Waals surface area (Å²) < 4.78 is 0.899. The molecule has 0 aromatic heterocycles. The van der Waals surface area contributed by atoms with Crippen LogP contribution in [-0.2, 0) is 11.3 Å². The zero-order chi connectivity index (χ0) is 15.2. The van der Waals surface area contributed by atoms with Gasteiger partial charge in [-0.25, -0.2) is 9.59 Å². The van der Waals surface area contributed by atoms with E-state index in [4.69, 9.17) is 0 Å². The van der Waals surface area contributed by atoms with Crippen LogP contribution < -0.4 is 10.6 Å². The van der Waals surface area contributed by atoms with Gasteiger partial charge >= 0.3 is 12.0 Å². The molecule has 0 radical (unpaired) electrons. The number of hydrogen-bond donors (Lipinski definition) is 3. The highest BCUT2D eigenvalue weighted by molar-refractivity contribution is 9.10. The minimum atomic E-state index is -1.21. The van der Waals surface area contributed by atoms with Gasteiger partial charge in [0, 0.05) is 11.0 Å². The lowest BCUT2D eigenvalue weighted by Gasteiger charge is -2.28. The lowest BCUT2D eigenvalue weighted by molar-refractivity contribution is -0.144. The first-order valence-corrected chi connectivity index (χ1v) is 7.27. The standard InChI is InChI=1S/C14H19BrN2O3/c1-3-14(4-2,12(18)19)17-13(20)16-9-10-7-5-6-8-11(10)15/h5-8H,3-4,9H2,1-2H3,(H,18,19)(H2,16,17,20). The van der Waals surface area contributed by atoms with Crippen molar-refractivity contribution in [2.75, 3.05) is 0 Å². The molecule has 1 rings (SSSR count). The second-order valence-electron chi connectivity index (χ2n) is 4.49. The van der Waals surface area contributed by atoms with Crippen LogP contribution in [-0.4, -0.2) is 22.6 Å². The van der Waals surface area contributed by atoms with Gasteiger partial charge in [-0.05, 0) is 24.5 Å². The Morgan fingerprint density at radius 1 is 1.25 bits per heavy atom. The van der Waals surface area contributed by atoms with Gasteiger partial charge < -0.3 is 15.7 Å². The first-order valence-electron chi connectivity index (χ1n) is 6.48. The minimum absolute atomic E-state index is 0.330. The van der Waals surface area contributed by atoms with Crippen molar-refractivity contribution in [3.8, 4) is 0 Å². The maximum absolute atomic E-state index is 11.9. The third-order valence-electron chi connectivity index (χ3n) is 3.37. The molecule has 0 saturated carbocycles. The zero-order valence-corrected chi connectivity index (χ0v) is 13.2. The van der Waals surface area contributed by atoms with E-state index in [9.17, 15) is 14.7 Å². The van der Waals surface area contributed by atoms with E-state index >= 15 is 0 Å². The number of carboxylic acid groups (broad SMARTS) is 1. The summed E-state index contributed by atoms with van der Waals surface area (Å²) in [7, 11) is 0. The molecule has 0 bridgehead atoms. The summed E-state index contributed by atoms with van der Waals surface area (Å²) in [6.45, 7) is 3.81. The predicted molar refractivity (Wildman–Crippen MR) is 80.5 cm³/mol. The van der Waals surface area contributed by atoms with Crippen LogP contribution in [0.15, 0.2) is 28.7 Å². The van der Waals surface area contributed by atoms with Gasteiger partial charge in [-0.15, -0.1) is 0 Å². The van der Waals surface area contributed by atoms with E-state index in [0.717, 1.165) is 10.0 Å². The molecule has 1 aromatic rings. The Labute approximate surface area is 126 Å². The largest absolute Gasteiger partial charge is 0.480 e. The zero-order valence-electron chi connectivity index (χ0n) is 11.6. The van der Waals surface area contributed by atoms with Gasteiger partial charge in [0.25, 0.3) is 0 Å². The summed E-state index contributed by atoms with van der Waals surface area (Å²) in [5.74, 6) is -1.02. The van der Waals surface area contributed by atoms with Crippen LogP contribution in [0, 0.1) is 0 Å². The van der Waals surface area contributed by atoms with Gasteiger partial charge in [-0.3, -0.25) is 0 Å². The van der Waals surface area contributed by atoms with Crippen LogP contribution in [0.1, 0.15) is 32.3 Å². The van der Waals surface area contributed by atoms with Crippen LogP contribution in [0.4, 0.5) is 4.79 Å². The summed E-state index contributed by atoms with van der Waals surface area (Å²) in [6, 6.07) is 7.05. The van der Waals surface area contributed by atoms with Gasteiger partial charge in [-0.1, -0.05) is 48.0 Å². The summed E-state index contributed by atoms with van der Waals surface area (Å²) >= 11 is 3.39. The smallest absolute Gasteiger partial charge is 0.329 e. The van der Waals surface area contributed by atoms with Crippen molar-refractivity contribution < 1.29 is 14.7 Å². The number of halogens is 1. The molecule has 0 spiro atoms. The van der Waals surface area contributed by atoms with Crippen molar-refractivity contribution in [3.63, 3.8) is 0 Å². The highest BCUT2D eigenvalue weighted by atomic mass is 79.9. The topological polar surface area (TPSA) is 78.4 Å². The van der Waals surface area contributed by atoms with Crippen LogP contribution >= 0.6 is 15.9 Å². The number of urea groups is 1. The Hall–Kier alpha value is -1.56. The summed E-state index contributed by atoms with van der Waals surface area (Å²) in [5.41, 5.74) is -0.283. The Bertz CT molecular complexity index is 487. The van der Waals surface area contributed by atoms with Crippen molar-refractivity contribution in [2.24, 2.45) is 0 Å². The maximum atomic E-state index is 11.9. The molecule has 110 valence electrons. The fourth-order valence-electron chi connectivity index (χ4n) is 1.86. The number of carbonyl (C=O) groups excluding carboxylic acids is 1. The first-order chi connectivity index (χ1) is 9.45. The Morgan fingerprint density at radius 3 is 2.35 bits per heavy atom. The molecule has 0 aliphatic carbocycles. The number of aliphatic carboxylic acids is 1. The SMILES string of the molecule is CCC(CC)(NC(=O)NCc1ccccc1Br)C(=O)O. The molecule has 0 fully saturated rings. The Morgan fingerprint density at radius 2 is 1.85 bits per heavy atom. The third kappa shape index (κ3) is 3.96. The van der Waals surface area contributed by atoms with Crippen LogP contribution in [0.25, 0.3) is 0 Å². The molecule has 0 saturated heterocycles. The molecular weight excluding hydrogens is 324 g/mol. The maximum Gasteiger partial charge on any atom is 0.329 e. The quantitative estimate of drug-likeness (QED) is 0.743. The fourth-order valence-corrected chi connectivity index (χ4v) is 2.29. The van der Waals surface area contributed by atoms with Crippen molar-refractivity contribution in [1.29, 1.82) is 0 Å². The minimum Gasteiger partial charge on any atom is -0.480 e. The lowest BCUT2D eigenvalue weighted by atomic mass is 9.93. The molecule has 0 aliphatic heterocycles. The summed E-state index contributed by atoms with van der Waals surface area (Å²) in [4.78, 5) is 23.2. The molecule has 20 heavy (non-hydrogen) atoms. The highest BCUT2D eigenvalue weighted by Crippen LogP contribution is 2.17. The second kappa shape index (κ2) is 7.28. The van der Waals surface area contributed by atoms with Crippen LogP contribution in [0.2, 0.25) is 0 Å². The molecule has 0 aliphatic rings. The predicted octanol–water partition coefficient (Wildman–Crippen LogP) is 2.89.